The molecule has 1 heterocycles. The highest BCUT2D eigenvalue weighted by molar-refractivity contribution is 5.21. The number of nitrogens with two attached hydrogens (primary N) is 1. The van der Waals surface area contributed by atoms with Gasteiger partial charge >= 0.3 is 0 Å². The molecule has 2 atom stereocenters. The molecule has 0 fully saturated rings. The van der Waals surface area contributed by atoms with Crippen molar-refractivity contribution in [2.45, 2.75) is 45.7 Å². The minimum atomic E-state index is -0.0147. The first-order chi connectivity index (χ1) is 9.17. The zero-order valence-electron chi connectivity index (χ0n) is 11.9. The second-order valence-electron chi connectivity index (χ2n) is 4.81. The van der Waals surface area contributed by atoms with Crippen LogP contribution in [-0.4, -0.2) is 20.8 Å². The van der Waals surface area contributed by atoms with E-state index in [0.717, 1.165) is 24.5 Å². The highest BCUT2D eigenvalue weighted by atomic mass is 15.4. The lowest BCUT2D eigenvalue weighted by Gasteiger charge is -2.23. The summed E-state index contributed by atoms with van der Waals surface area (Å²) in [5.41, 5.74) is 7.37. The van der Waals surface area contributed by atoms with Gasteiger partial charge in [0.2, 0.25) is 0 Å². The van der Waals surface area contributed by atoms with Gasteiger partial charge in [-0.05, 0) is 12.5 Å². The first-order valence-electron chi connectivity index (χ1n) is 6.92. The molecule has 2 unspecified atom stereocenters. The maximum atomic E-state index is 6.19. The van der Waals surface area contributed by atoms with Gasteiger partial charge in [-0.2, -0.15) is 5.10 Å². The fourth-order valence-electron chi connectivity index (χ4n) is 2.34. The lowest BCUT2D eigenvalue weighted by Crippen LogP contribution is -2.32. The van der Waals surface area contributed by atoms with Gasteiger partial charge in [0.05, 0.1) is 6.04 Å². The van der Waals surface area contributed by atoms with E-state index in [1.807, 2.05) is 29.8 Å². The average Bonchev–Trinajstić information content (AvgIpc) is 2.83. The molecule has 4 heteroatoms. The molecule has 2 rings (SSSR count). The predicted molar refractivity (Wildman–Crippen MR) is 77.0 cm³/mol. The van der Waals surface area contributed by atoms with Crippen LogP contribution in [0.3, 0.4) is 0 Å². The molecule has 0 amide bonds. The Morgan fingerprint density at radius 3 is 2.37 bits per heavy atom. The first kappa shape index (κ1) is 13.7. The van der Waals surface area contributed by atoms with Crippen LogP contribution in [0.5, 0.6) is 0 Å². The first-order valence-corrected chi connectivity index (χ1v) is 6.92. The molecule has 1 aromatic carbocycles. The standard InChI is InChI=1S/C15H22N4/c1-4-13-17-14(5-2)19(18-13)15(11(3)16)12-9-7-6-8-10-12/h6-11,15H,4-5,16H2,1-3H3. The van der Waals surface area contributed by atoms with Crippen molar-refractivity contribution in [1.29, 1.82) is 0 Å². The Morgan fingerprint density at radius 1 is 1.16 bits per heavy atom. The minimum absolute atomic E-state index is 0.0147. The summed E-state index contributed by atoms with van der Waals surface area (Å²) in [5.74, 6) is 1.89. The van der Waals surface area contributed by atoms with Gasteiger partial charge in [0.15, 0.2) is 5.82 Å². The highest BCUT2D eigenvalue weighted by Gasteiger charge is 2.22. The SMILES string of the molecule is CCc1nc(CC)n(C(c2ccccc2)C(C)N)n1. The predicted octanol–water partition coefficient (Wildman–Crippen LogP) is 2.34. The largest absolute Gasteiger partial charge is 0.326 e. The summed E-state index contributed by atoms with van der Waals surface area (Å²) in [6, 6.07) is 10.3. The van der Waals surface area contributed by atoms with Crippen molar-refractivity contribution in [2.75, 3.05) is 0 Å². The second-order valence-corrected chi connectivity index (χ2v) is 4.81. The quantitative estimate of drug-likeness (QED) is 0.895. The van der Waals surface area contributed by atoms with E-state index in [1.54, 1.807) is 0 Å². The fraction of sp³-hybridized carbons (Fsp3) is 0.467. The summed E-state index contributed by atoms with van der Waals surface area (Å²) in [6.45, 7) is 6.19. The second kappa shape index (κ2) is 5.97. The summed E-state index contributed by atoms with van der Waals surface area (Å²) in [5, 5.41) is 4.62. The van der Waals surface area contributed by atoms with Crippen molar-refractivity contribution >= 4 is 0 Å². The normalized spacial score (nSPS) is 14.3. The van der Waals surface area contributed by atoms with Gasteiger partial charge in [-0.1, -0.05) is 44.2 Å². The zero-order chi connectivity index (χ0) is 13.8. The molecule has 2 aromatic rings. The number of aromatic nitrogens is 3. The monoisotopic (exact) mass is 258 g/mol. The molecule has 2 N–H and O–H groups in total. The molecule has 0 aliphatic carbocycles. The molecule has 0 aliphatic heterocycles. The van der Waals surface area contributed by atoms with Crippen LogP contribution in [-0.2, 0) is 12.8 Å². The Bertz CT molecular complexity index is 516. The summed E-state index contributed by atoms with van der Waals surface area (Å²) < 4.78 is 2.00. The molecule has 0 aliphatic rings. The molecule has 0 spiro atoms. The van der Waals surface area contributed by atoms with Gasteiger partial charge in [0.25, 0.3) is 0 Å². The summed E-state index contributed by atoms with van der Waals surface area (Å²) >= 11 is 0. The van der Waals surface area contributed by atoms with Gasteiger partial charge in [0, 0.05) is 18.9 Å². The third kappa shape index (κ3) is 2.84. The lowest BCUT2D eigenvalue weighted by molar-refractivity contribution is 0.436. The van der Waals surface area contributed by atoms with E-state index in [9.17, 15) is 0 Å². The van der Waals surface area contributed by atoms with Gasteiger partial charge in [-0.3, -0.25) is 0 Å². The molecule has 0 bridgehead atoms. The Hall–Kier alpha value is -1.68. The third-order valence-electron chi connectivity index (χ3n) is 3.28. The van der Waals surface area contributed by atoms with Crippen molar-refractivity contribution in [3.05, 3.63) is 47.5 Å². The van der Waals surface area contributed by atoms with Crippen molar-refractivity contribution < 1.29 is 0 Å². The number of hydrogen-bond acceptors (Lipinski definition) is 3. The lowest BCUT2D eigenvalue weighted by atomic mass is 10.0. The van der Waals surface area contributed by atoms with E-state index >= 15 is 0 Å². The molecule has 0 saturated carbocycles. The van der Waals surface area contributed by atoms with E-state index < -0.39 is 0 Å². The molecule has 102 valence electrons. The Morgan fingerprint density at radius 2 is 1.84 bits per heavy atom. The molecule has 1 aromatic heterocycles. The number of benzene rings is 1. The average molecular weight is 258 g/mol. The topological polar surface area (TPSA) is 56.7 Å². The van der Waals surface area contributed by atoms with E-state index in [0.29, 0.717) is 0 Å². The highest BCUT2D eigenvalue weighted by Crippen LogP contribution is 2.22. The summed E-state index contributed by atoms with van der Waals surface area (Å²) in [6.07, 6.45) is 1.71. The molecular formula is C15H22N4. The number of rotatable bonds is 5. The summed E-state index contributed by atoms with van der Waals surface area (Å²) in [4.78, 5) is 4.57. The number of nitrogens with zero attached hydrogens (tertiary/aromatic N) is 3. The van der Waals surface area contributed by atoms with Gasteiger partial charge < -0.3 is 5.73 Å². The van der Waals surface area contributed by atoms with Crippen LogP contribution in [0.15, 0.2) is 30.3 Å². The molecule has 0 radical (unpaired) electrons. The molecule has 4 nitrogen and oxygen atoms in total. The minimum Gasteiger partial charge on any atom is -0.326 e. The van der Waals surface area contributed by atoms with Crippen LogP contribution in [0.25, 0.3) is 0 Å². The van der Waals surface area contributed by atoms with Gasteiger partial charge in [-0.15, -0.1) is 0 Å². The number of aryl methyl sites for hydroxylation is 2. The van der Waals surface area contributed by atoms with Crippen molar-refractivity contribution in [3.8, 4) is 0 Å². The molecular weight excluding hydrogens is 236 g/mol. The molecule has 0 saturated heterocycles. The van der Waals surface area contributed by atoms with Crippen LogP contribution in [0.1, 0.15) is 44.0 Å². The maximum Gasteiger partial charge on any atom is 0.150 e. The van der Waals surface area contributed by atoms with Gasteiger partial charge in [-0.25, -0.2) is 9.67 Å². The summed E-state index contributed by atoms with van der Waals surface area (Å²) in [7, 11) is 0. The van der Waals surface area contributed by atoms with Crippen LogP contribution in [0.2, 0.25) is 0 Å². The van der Waals surface area contributed by atoms with E-state index in [4.69, 9.17) is 5.73 Å². The maximum absolute atomic E-state index is 6.19. The van der Waals surface area contributed by atoms with Crippen LogP contribution >= 0.6 is 0 Å². The smallest absolute Gasteiger partial charge is 0.150 e. The van der Waals surface area contributed by atoms with Crippen molar-refractivity contribution in [2.24, 2.45) is 5.73 Å². The zero-order valence-corrected chi connectivity index (χ0v) is 11.9. The van der Waals surface area contributed by atoms with Crippen LogP contribution in [0, 0.1) is 0 Å². The Balaban J connectivity index is 2.48. The number of hydrogen-bond donors (Lipinski definition) is 1. The van der Waals surface area contributed by atoms with Crippen LogP contribution in [0.4, 0.5) is 0 Å². The van der Waals surface area contributed by atoms with E-state index in [1.165, 1.54) is 5.56 Å². The molecule has 19 heavy (non-hydrogen) atoms. The third-order valence-corrected chi connectivity index (χ3v) is 3.28. The van der Waals surface area contributed by atoms with Gasteiger partial charge in [0.1, 0.15) is 5.82 Å². The van der Waals surface area contributed by atoms with E-state index in [2.05, 4.69) is 36.1 Å². The fourth-order valence-corrected chi connectivity index (χ4v) is 2.34. The Labute approximate surface area is 114 Å². The van der Waals surface area contributed by atoms with Crippen molar-refractivity contribution in [1.82, 2.24) is 14.8 Å². The van der Waals surface area contributed by atoms with Crippen LogP contribution < -0.4 is 5.73 Å². The van der Waals surface area contributed by atoms with Crippen molar-refractivity contribution in [3.63, 3.8) is 0 Å². The Kier molecular flexibility index (Phi) is 4.32. The van der Waals surface area contributed by atoms with E-state index in [-0.39, 0.29) is 12.1 Å².